The van der Waals surface area contributed by atoms with Crippen LogP contribution < -0.4 is 4.74 Å². The van der Waals surface area contributed by atoms with Crippen molar-refractivity contribution in [3.05, 3.63) is 59.7 Å². The van der Waals surface area contributed by atoms with Gasteiger partial charge in [-0.3, -0.25) is 0 Å². The number of hydrogen-bond donors (Lipinski definition) is 0. The second-order valence-electron chi connectivity index (χ2n) is 7.78. The first-order valence-electron chi connectivity index (χ1n) is 10.6. The van der Waals surface area contributed by atoms with Crippen molar-refractivity contribution in [2.75, 3.05) is 19.0 Å². The summed E-state index contributed by atoms with van der Waals surface area (Å²) in [5.74, 6) is 1.70. The molecule has 0 saturated carbocycles. The van der Waals surface area contributed by atoms with E-state index < -0.39 is 0 Å². The SMILES string of the molecule is CC1(C)CCSc2ccccc21.CCCCCOc1cccc(C(=O)OCC)c1. The van der Waals surface area contributed by atoms with E-state index in [1.807, 2.05) is 17.8 Å². The lowest BCUT2D eigenvalue weighted by atomic mass is 9.82. The van der Waals surface area contributed by atoms with Gasteiger partial charge < -0.3 is 9.47 Å². The van der Waals surface area contributed by atoms with Gasteiger partial charge in [0.25, 0.3) is 0 Å². The van der Waals surface area contributed by atoms with Crippen LogP contribution in [0.25, 0.3) is 0 Å². The maximum Gasteiger partial charge on any atom is 0.338 e. The van der Waals surface area contributed by atoms with E-state index in [9.17, 15) is 4.79 Å². The summed E-state index contributed by atoms with van der Waals surface area (Å²) in [6, 6.07) is 15.9. The van der Waals surface area contributed by atoms with Crippen molar-refractivity contribution in [3.8, 4) is 5.75 Å². The molecular weight excluding hydrogens is 380 g/mol. The number of carbonyl (C=O) groups is 1. The Labute approximate surface area is 180 Å². The average Bonchev–Trinajstić information content (AvgIpc) is 2.72. The molecule has 3 rings (SSSR count). The third-order valence-corrected chi connectivity index (χ3v) is 6.04. The average molecular weight is 415 g/mol. The lowest BCUT2D eigenvalue weighted by Gasteiger charge is -2.31. The maximum absolute atomic E-state index is 11.5. The van der Waals surface area contributed by atoms with Gasteiger partial charge in [-0.2, -0.15) is 0 Å². The van der Waals surface area contributed by atoms with Gasteiger partial charge in [-0.15, -0.1) is 11.8 Å². The molecule has 2 aromatic rings. The quantitative estimate of drug-likeness (QED) is 0.365. The molecule has 29 heavy (non-hydrogen) atoms. The van der Waals surface area contributed by atoms with Gasteiger partial charge in [-0.1, -0.05) is 57.9 Å². The molecule has 0 aliphatic carbocycles. The van der Waals surface area contributed by atoms with E-state index in [0.29, 0.717) is 24.2 Å². The molecular formula is C25H34O3S. The number of rotatable bonds is 7. The molecule has 1 aliphatic rings. The predicted molar refractivity (Wildman–Crippen MR) is 122 cm³/mol. The minimum Gasteiger partial charge on any atom is -0.494 e. The highest BCUT2D eigenvalue weighted by molar-refractivity contribution is 7.99. The first kappa shape index (κ1) is 23.3. The summed E-state index contributed by atoms with van der Waals surface area (Å²) in [7, 11) is 0. The zero-order valence-electron chi connectivity index (χ0n) is 18.2. The largest absolute Gasteiger partial charge is 0.494 e. The molecule has 3 nitrogen and oxygen atoms in total. The van der Waals surface area contributed by atoms with Crippen LogP contribution in [0.5, 0.6) is 5.75 Å². The number of fused-ring (bicyclic) bond motifs is 1. The van der Waals surface area contributed by atoms with Crippen molar-refractivity contribution in [3.63, 3.8) is 0 Å². The van der Waals surface area contributed by atoms with Crippen LogP contribution in [-0.2, 0) is 10.2 Å². The molecule has 0 aromatic heterocycles. The maximum atomic E-state index is 11.5. The van der Waals surface area contributed by atoms with Gasteiger partial charge in [0.05, 0.1) is 18.8 Å². The number of unbranched alkanes of at least 4 members (excludes halogenated alkanes) is 2. The third-order valence-electron chi connectivity index (χ3n) is 4.96. The van der Waals surface area contributed by atoms with Crippen LogP contribution in [0.2, 0.25) is 0 Å². The summed E-state index contributed by atoms with van der Waals surface area (Å²) in [5.41, 5.74) is 2.46. The van der Waals surface area contributed by atoms with E-state index in [1.54, 1.807) is 25.1 Å². The third kappa shape index (κ3) is 7.43. The lowest BCUT2D eigenvalue weighted by Crippen LogP contribution is -2.22. The molecule has 0 fully saturated rings. The van der Waals surface area contributed by atoms with Gasteiger partial charge in [-0.05, 0) is 60.8 Å². The van der Waals surface area contributed by atoms with Gasteiger partial charge in [0.2, 0.25) is 0 Å². The summed E-state index contributed by atoms with van der Waals surface area (Å²) in [4.78, 5) is 13.0. The Morgan fingerprint density at radius 2 is 1.86 bits per heavy atom. The molecule has 4 heteroatoms. The van der Waals surface area contributed by atoms with Crippen LogP contribution in [0.3, 0.4) is 0 Å². The standard InChI is InChI=1S/C14H20O3.C11H14S/c1-3-5-6-10-17-13-9-7-8-12(11-13)14(15)16-4-2;1-11(2)7-8-12-10-6-4-3-5-9(10)11/h7-9,11H,3-6,10H2,1-2H3;3-6H,7-8H2,1-2H3. The topological polar surface area (TPSA) is 35.5 Å². The summed E-state index contributed by atoms with van der Waals surface area (Å²) in [6.07, 6.45) is 4.68. The van der Waals surface area contributed by atoms with Crippen LogP contribution in [0.4, 0.5) is 0 Å². The molecule has 158 valence electrons. The van der Waals surface area contributed by atoms with Gasteiger partial charge in [0, 0.05) is 4.90 Å². The molecule has 0 amide bonds. The Morgan fingerprint density at radius 3 is 2.59 bits per heavy atom. The Balaban J connectivity index is 0.000000218. The predicted octanol–water partition coefficient (Wildman–Crippen LogP) is 6.89. The summed E-state index contributed by atoms with van der Waals surface area (Å²) in [5, 5.41) is 0. The molecule has 0 unspecified atom stereocenters. The fraction of sp³-hybridized carbons (Fsp3) is 0.480. The second-order valence-corrected chi connectivity index (χ2v) is 8.92. The Bertz CT molecular complexity index is 770. The molecule has 0 spiro atoms. The number of esters is 1. The minimum atomic E-state index is -0.300. The fourth-order valence-electron chi connectivity index (χ4n) is 3.17. The Morgan fingerprint density at radius 1 is 1.07 bits per heavy atom. The highest BCUT2D eigenvalue weighted by atomic mass is 32.2. The van der Waals surface area contributed by atoms with Crippen LogP contribution in [0.1, 0.15) is 69.3 Å². The van der Waals surface area contributed by atoms with Crippen molar-refractivity contribution in [1.29, 1.82) is 0 Å². The van der Waals surface area contributed by atoms with Gasteiger partial charge >= 0.3 is 5.97 Å². The molecule has 0 N–H and O–H groups in total. The van der Waals surface area contributed by atoms with E-state index in [4.69, 9.17) is 9.47 Å². The number of carbonyl (C=O) groups excluding carboxylic acids is 1. The molecule has 0 radical (unpaired) electrons. The molecule has 1 heterocycles. The zero-order valence-corrected chi connectivity index (χ0v) is 19.0. The number of hydrogen-bond acceptors (Lipinski definition) is 4. The lowest BCUT2D eigenvalue weighted by molar-refractivity contribution is 0.0526. The van der Waals surface area contributed by atoms with Crippen molar-refractivity contribution >= 4 is 17.7 Å². The van der Waals surface area contributed by atoms with Crippen molar-refractivity contribution in [2.45, 2.75) is 63.7 Å². The highest BCUT2D eigenvalue weighted by Gasteiger charge is 2.26. The van der Waals surface area contributed by atoms with Crippen molar-refractivity contribution in [1.82, 2.24) is 0 Å². The smallest absolute Gasteiger partial charge is 0.338 e. The highest BCUT2D eigenvalue weighted by Crippen LogP contribution is 2.40. The molecule has 1 aliphatic heterocycles. The zero-order chi connectivity index (χ0) is 21.1. The van der Waals surface area contributed by atoms with E-state index in [-0.39, 0.29) is 5.97 Å². The summed E-state index contributed by atoms with van der Waals surface area (Å²) >= 11 is 1.99. The number of ether oxygens (including phenoxy) is 2. The minimum absolute atomic E-state index is 0.300. The van der Waals surface area contributed by atoms with Crippen molar-refractivity contribution in [2.24, 2.45) is 0 Å². The number of thioether (sulfide) groups is 1. The molecule has 0 saturated heterocycles. The van der Waals surface area contributed by atoms with E-state index in [0.717, 1.165) is 18.6 Å². The van der Waals surface area contributed by atoms with Crippen LogP contribution in [0.15, 0.2) is 53.4 Å². The van der Waals surface area contributed by atoms with Gasteiger partial charge in [0.15, 0.2) is 0 Å². The normalized spacial score (nSPS) is 14.2. The summed E-state index contributed by atoms with van der Waals surface area (Å²) < 4.78 is 10.5. The molecule has 0 atom stereocenters. The Hall–Kier alpha value is -1.94. The monoisotopic (exact) mass is 414 g/mol. The van der Waals surface area contributed by atoms with Gasteiger partial charge in [0.1, 0.15) is 5.75 Å². The second kappa shape index (κ2) is 11.9. The van der Waals surface area contributed by atoms with Crippen molar-refractivity contribution < 1.29 is 14.3 Å². The van der Waals surface area contributed by atoms with Gasteiger partial charge in [-0.25, -0.2) is 4.79 Å². The first-order chi connectivity index (χ1) is 14.0. The first-order valence-corrected chi connectivity index (χ1v) is 11.6. The van der Waals surface area contributed by atoms with E-state index in [1.165, 1.54) is 29.1 Å². The molecule has 0 bridgehead atoms. The van der Waals surface area contributed by atoms with E-state index >= 15 is 0 Å². The van der Waals surface area contributed by atoms with Crippen LogP contribution in [0, 0.1) is 0 Å². The Kier molecular flexibility index (Phi) is 9.59. The van der Waals surface area contributed by atoms with E-state index in [2.05, 4.69) is 45.0 Å². The number of benzene rings is 2. The van der Waals surface area contributed by atoms with Crippen LogP contribution in [-0.4, -0.2) is 24.9 Å². The fourth-order valence-corrected chi connectivity index (χ4v) is 4.68. The molecule has 2 aromatic carbocycles. The van der Waals surface area contributed by atoms with Crippen LogP contribution >= 0.6 is 11.8 Å². The summed E-state index contributed by atoms with van der Waals surface area (Å²) in [6.45, 7) is 9.71.